The van der Waals surface area contributed by atoms with Gasteiger partial charge in [-0.15, -0.1) is 5.69 Å². The third-order valence-electron chi connectivity index (χ3n) is 5.69. The van der Waals surface area contributed by atoms with Gasteiger partial charge in [-0.3, -0.25) is 14.7 Å². The van der Waals surface area contributed by atoms with Crippen LogP contribution in [0.15, 0.2) is 89.9 Å². The van der Waals surface area contributed by atoms with Crippen molar-refractivity contribution in [1.29, 1.82) is 0 Å². The molecule has 1 amide bonds. The molecule has 0 aromatic heterocycles. The molecule has 0 aliphatic carbocycles. The van der Waals surface area contributed by atoms with E-state index in [0.29, 0.717) is 23.5 Å². The first-order valence-corrected chi connectivity index (χ1v) is 11.1. The molecule has 1 unspecified atom stereocenters. The minimum Gasteiger partial charge on any atom is -0.625 e. The van der Waals surface area contributed by atoms with Crippen molar-refractivity contribution < 1.29 is 31.2 Å². The van der Waals surface area contributed by atoms with Crippen LogP contribution >= 0.6 is 0 Å². The monoisotopic (exact) mass is 498 g/mol. The molecule has 0 spiro atoms. The maximum absolute atomic E-state index is 13.3. The van der Waals surface area contributed by atoms with Gasteiger partial charge in [-0.05, 0) is 30.5 Å². The molecule has 1 aliphatic heterocycles. The van der Waals surface area contributed by atoms with Gasteiger partial charge in [0.05, 0.1) is 17.7 Å². The van der Waals surface area contributed by atoms with E-state index >= 15 is 0 Å². The molecule has 1 fully saturated rings. The topological polar surface area (TPSA) is 84.1 Å². The van der Waals surface area contributed by atoms with E-state index in [-0.39, 0.29) is 35.0 Å². The molecule has 0 radical (unpaired) electrons. The molecule has 3 aromatic rings. The molecule has 1 saturated heterocycles. The number of carbonyl (C=O) groups is 2. The quantitative estimate of drug-likeness (QED) is 0.357. The number of aliphatic imine (C=N–C) groups is 1. The van der Waals surface area contributed by atoms with Crippen molar-refractivity contribution >= 4 is 23.3 Å². The van der Waals surface area contributed by atoms with Crippen LogP contribution in [0.3, 0.4) is 0 Å². The van der Waals surface area contributed by atoms with Crippen LogP contribution in [-0.2, 0) is 32.6 Å². The van der Waals surface area contributed by atoms with Crippen LogP contribution < -0.4 is 0 Å². The Morgan fingerprint density at radius 2 is 1.59 bits per heavy atom. The summed E-state index contributed by atoms with van der Waals surface area (Å²) in [5.41, 5.74) is 3.61. The Bertz CT molecular complexity index is 1140. The van der Waals surface area contributed by atoms with Gasteiger partial charge in [-0.1, -0.05) is 84.9 Å². The molecule has 1 atom stereocenters. The van der Waals surface area contributed by atoms with E-state index in [2.05, 4.69) is 27.3 Å². The third-order valence-corrected chi connectivity index (χ3v) is 5.69. The van der Waals surface area contributed by atoms with Crippen LogP contribution in [0.5, 0.6) is 0 Å². The number of amides is 1. The summed E-state index contributed by atoms with van der Waals surface area (Å²) in [6.45, 7) is 1.21. The molecule has 6 nitrogen and oxygen atoms in total. The van der Waals surface area contributed by atoms with Crippen molar-refractivity contribution in [3.05, 3.63) is 107 Å². The number of nitrogens with zero attached hydrogens (tertiary/aromatic N) is 3. The number of carbonyl (C=O) groups excluding carboxylic acids is 1. The van der Waals surface area contributed by atoms with E-state index in [4.69, 9.17) is 0 Å². The number of para-hydroxylation sites is 1. The van der Waals surface area contributed by atoms with Crippen molar-refractivity contribution in [2.24, 2.45) is 4.99 Å². The number of carboxylic acids is 1. The molecule has 0 bridgehead atoms. The molecule has 4 rings (SSSR count). The second kappa shape index (κ2) is 12.3. The molecule has 1 heterocycles. The minimum atomic E-state index is -1.02. The summed E-state index contributed by atoms with van der Waals surface area (Å²) < 4.78 is 0. The summed E-state index contributed by atoms with van der Waals surface area (Å²) >= 11 is 0. The van der Waals surface area contributed by atoms with Gasteiger partial charge in [0.25, 0.3) is 0 Å². The first-order chi connectivity index (χ1) is 16.1. The van der Waals surface area contributed by atoms with Crippen LogP contribution in [0.1, 0.15) is 29.5 Å². The maximum atomic E-state index is 13.3. The predicted molar refractivity (Wildman–Crippen MR) is 129 cm³/mol. The molecule has 7 heteroatoms. The average Bonchev–Trinajstić information content (AvgIpc) is 3.29. The number of aliphatic carboxylic acids is 1. The summed E-state index contributed by atoms with van der Waals surface area (Å²) in [7, 11) is 0. The Hall–Kier alpha value is -3.28. The molecule has 34 heavy (non-hydrogen) atoms. The van der Waals surface area contributed by atoms with E-state index < -0.39 is 5.97 Å². The normalized spacial score (nSPS) is 16.0. The summed E-state index contributed by atoms with van der Waals surface area (Å²) in [4.78, 5) is 31.0. The standard InChI is InChI=1S/C27H27N3O3.Ni/c31-25(32)18-28-26(21-12-5-2-6-13-21)22-14-7-8-15-23(22)29-27(33)24-16-9-17-30(24)19-20-10-3-1-4-11-20;/h1-8,10-15,24H,9,16-19H2,(H2,28,29,31,32,33);/q;+2/p-1. The Morgan fingerprint density at radius 3 is 2.29 bits per heavy atom. The van der Waals surface area contributed by atoms with E-state index in [0.717, 1.165) is 24.9 Å². The minimum absolute atomic E-state index is 0. The van der Waals surface area contributed by atoms with E-state index in [1.165, 1.54) is 5.56 Å². The van der Waals surface area contributed by atoms with Crippen LogP contribution in [-0.4, -0.2) is 46.7 Å². The van der Waals surface area contributed by atoms with Crippen LogP contribution in [0.2, 0.25) is 0 Å². The summed E-state index contributed by atoms with van der Waals surface area (Å²) in [6, 6.07) is 26.5. The van der Waals surface area contributed by atoms with Crippen molar-refractivity contribution in [3.8, 4) is 0 Å². The summed E-state index contributed by atoms with van der Waals surface area (Å²) in [6.07, 6.45) is 1.73. The first kappa shape index (κ1) is 25.3. The zero-order valence-corrected chi connectivity index (χ0v) is 19.6. The average molecular weight is 499 g/mol. The number of hydrogen-bond donors (Lipinski definition) is 1. The van der Waals surface area contributed by atoms with E-state index in [9.17, 15) is 14.7 Å². The summed E-state index contributed by atoms with van der Waals surface area (Å²) in [5, 5.41) is 13.7. The van der Waals surface area contributed by atoms with Gasteiger partial charge in [-0.25, -0.2) is 0 Å². The van der Waals surface area contributed by atoms with E-state index in [1.807, 2.05) is 66.7 Å². The molecule has 176 valence electrons. The van der Waals surface area contributed by atoms with Crippen LogP contribution in [0.25, 0.3) is 5.32 Å². The van der Waals surface area contributed by atoms with Gasteiger partial charge in [0.2, 0.25) is 0 Å². The van der Waals surface area contributed by atoms with Crippen molar-refractivity contribution in [3.63, 3.8) is 0 Å². The van der Waals surface area contributed by atoms with Gasteiger partial charge < -0.3 is 15.2 Å². The first-order valence-electron chi connectivity index (χ1n) is 11.1. The van der Waals surface area contributed by atoms with Crippen molar-refractivity contribution in [2.45, 2.75) is 25.4 Å². The van der Waals surface area contributed by atoms with Crippen LogP contribution in [0, 0.1) is 0 Å². The Kier molecular flexibility index (Phi) is 9.14. The molecule has 1 aliphatic rings. The fraction of sp³-hybridized carbons (Fsp3) is 0.222. The molecule has 0 saturated carbocycles. The SMILES string of the molecule is O=C(O)CN=C(c1ccccc1)c1ccccc1[N-]C(=O)C1CCCN1Cc1ccccc1.[Ni+2]. The number of rotatable bonds is 8. The Morgan fingerprint density at radius 1 is 0.941 bits per heavy atom. The largest absolute Gasteiger partial charge is 2.00 e. The number of carboxylic acid groups (broad SMARTS) is 1. The second-order valence-electron chi connectivity index (χ2n) is 8.01. The van der Waals surface area contributed by atoms with Crippen molar-refractivity contribution in [1.82, 2.24) is 4.90 Å². The Labute approximate surface area is 209 Å². The Balaban J connectivity index is 0.00000324. The number of hydrogen-bond acceptors (Lipinski definition) is 4. The number of likely N-dealkylation sites (tertiary alicyclic amines) is 1. The fourth-order valence-corrected chi connectivity index (χ4v) is 4.15. The molecular weight excluding hydrogens is 473 g/mol. The zero-order chi connectivity index (χ0) is 23.0. The van der Waals surface area contributed by atoms with Gasteiger partial charge in [-0.2, -0.15) is 0 Å². The maximum Gasteiger partial charge on any atom is 2.00 e. The predicted octanol–water partition coefficient (Wildman–Crippen LogP) is 4.80. The van der Waals surface area contributed by atoms with Gasteiger partial charge in [0, 0.05) is 12.1 Å². The summed E-state index contributed by atoms with van der Waals surface area (Å²) in [5.74, 6) is -1.20. The van der Waals surface area contributed by atoms with E-state index in [1.54, 1.807) is 6.07 Å². The van der Waals surface area contributed by atoms with Crippen LogP contribution in [0.4, 0.5) is 5.69 Å². The fourth-order valence-electron chi connectivity index (χ4n) is 4.15. The number of benzene rings is 3. The van der Waals surface area contributed by atoms with Crippen molar-refractivity contribution in [2.75, 3.05) is 13.1 Å². The molecule has 3 aromatic carbocycles. The van der Waals surface area contributed by atoms with Gasteiger partial charge >= 0.3 is 22.5 Å². The molecule has 1 N–H and O–H groups in total. The molecular formula is C27H26N3NiO3+. The zero-order valence-electron chi connectivity index (χ0n) is 18.6. The second-order valence-corrected chi connectivity index (χ2v) is 8.01. The van der Waals surface area contributed by atoms with Gasteiger partial charge in [0.1, 0.15) is 6.54 Å². The smallest absolute Gasteiger partial charge is 0.625 e. The van der Waals surface area contributed by atoms with Gasteiger partial charge in [0.15, 0.2) is 0 Å². The third kappa shape index (κ3) is 6.40.